The van der Waals surface area contributed by atoms with E-state index in [0.717, 1.165) is 14.6 Å². The van der Waals surface area contributed by atoms with Gasteiger partial charge in [0.05, 0.1) is 16.0 Å². The van der Waals surface area contributed by atoms with Gasteiger partial charge in [-0.1, -0.05) is 23.9 Å². The number of nitrogens with zero attached hydrogens (tertiary/aromatic N) is 1. The highest BCUT2D eigenvalue weighted by molar-refractivity contribution is 8.01. The van der Waals surface area contributed by atoms with E-state index in [0.29, 0.717) is 18.7 Å². The van der Waals surface area contributed by atoms with Crippen molar-refractivity contribution in [2.75, 3.05) is 24.6 Å². The molecule has 0 saturated heterocycles. The van der Waals surface area contributed by atoms with Crippen LogP contribution in [0.3, 0.4) is 0 Å². The van der Waals surface area contributed by atoms with Gasteiger partial charge in [-0.05, 0) is 18.6 Å². The molecule has 2 rings (SSSR count). The fraction of sp³-hybridized carbons (Fsp3) is 0.429. The monoisotopic (exact) mass is 373 g/mol. The maximum absolute atomic E-state index is 11.8. The predicted octanol–water partition coefficient (Wildman–Crippen LogP) is 1.83. The number of hydrogen-bond donors (Lipinski definition) is 2. The molecule has 0 bridgehead atoms. The molecule has 2 N–H and O–H groups in total. The molecule has 0 aliphatic heterocycles. The molecule has 23 heavy (non-hydrogen) atoms. The molecule has 1 amide bonds. The first-order chi connectivity index (χ1) is 11.0. The number of carbonyl (C=O) groups is 1. The molecule has 2 aromatic rings. The highest BCUT2D eigenvalue weighted by Crippen LogP contribution is 2.29. The average molecular weight is 374 g/mol. The Morgan fingerprint density at radius 1 is 1.30 bits per heavy atom. The summed E-state index contributed by atoms with van der Waals surface area (Å²) in [4.78, 5) is 15.2. The molecule has 0 aliphatic rings. The Labute approximate surface area is 144 Å². The maximum atomic E-state index is 11.8. The summed E-state index contributed by atoms with van der Waals surface area (Å²) in [6, 6.07) is 7.93. The van der Waals surface area contributed by atoms with E-state index in [9.17, 15) is 13.2 Å². The second-order valence-corrected chi connectivity index (χ2v) is 9.14. The minimum absolute atomic E-state index is 0.0744. The average Bonchev–Trinajstić information content (AvgIpc) is 2.91. The van der Waals surface area contributed by atoms with Crippen LogP contribution in [0.25, 0.3) is 10.2 Å². The molecule has 0 saturated carbocycles. The molecule has 0 fully saturated rings. The SMILES string of the molecule is CC(=O)NCCNS(=O)(=O)CCCSc1nc2ccccc2s1. The molecule has 0 radical (unpaired) electrons. The smallest absolute Gasteiger partial charge is 0.216 e. The standard InChI is InChI=1S/C14H19N3O3S3/c1-11(18)15-7-8-16-23(19,20)10-4-9-21-14-17-12-5-2-3-6-13(12)22-14/h2-3,5-6,16H,4,7-10H2,1H3,(H,15,18). The fourth-order valence-corrected chi connectivity index (χ4v) is 5.18. The van der Waals surface area contributed by atoms with Gasteiger partial charge in [-0.3, -0.25) is 4.79 Å². The lowest BCUT2D eigenvalue weighted by Crippen LogP contribution is -2.34. The third kappa shape index (κ3) is 6.46. The summed E-state index contributed by atoms with van der Waals surface area (Å²) in [7, 11) is -3.29. The Hall–Kier alpha value is -1.16. The quantitative estimate of drug-likeness (QED) is 0.517. The van der Waals surface area contributed by atoms with Crippen molar-refractivity contribution < 1.29 is 13.2 Å². The number of nitrogens with one attached hydrogen (secondary N) is 2. The zero-order valence-electron chi connectivity index (χ0n) is 12.7. The van der Waals surface area contributed by atoms with Gasteiger partial charge in [0.15, 0.2) is 4.34 Å². The molecule has 1 aromatic carbocycles. The Kier molecular flexibility index (Phi) is 6.82. The molecule has 6 nitrogen and oxygen atoms in total. The Morgan fingerprint density at radius 2 is 2.09 bits per heavy atom. The van der Waals surface area contributed by atoms with Gasteiger partial charge in [0.1, 0.15) is 0 Å². The number of thiazole rings is 1. The number of amides is 1. The molecule has 9 heteroatoms. The van der Waals surface area contributed by atoms with E-state index in [4.69, 9.17) is 0 Å². The third-order valence-electron chi connectivity index (χ3n) is 2.88. The number of sulfonamides is 1. The summed E-state index contributed by atoms with van der Waals surface area (Å²) in [5.74, 6) is 0.605. The molecule has 126 valence electrons. The number of para-hydroxylation sites is 1. The number of carbonyl (C=O) groups excluding carboxylic acids is 1. The van der Waals surface area contributed by atoms with Gasteiger partial charge >= 0.3 is 0 Å². The zero-order valence-corrected chi connectivity index (χ0v) is 15.2. The summed E-state index contributed by atoms with van der Waals surface area (Å²) in [6.07, 6.45) is 0.552. The van der Waals surface area contributed by atoms with Crippen molar-refractivity contribution >= 4 is 49.2 Å². The number of aromatic nitrogens is 1. The van der Waals surface area contributed by atoms with Crippen molar-refractivity contribution in [3.05, 3.63) is 24.3 Å². The Bertz CT molecular complexity index is 726. The molecule has 0 unspecified atom stereocenters. The molecule has 0 atom stereocenters. The molecule has 0 aliphatic carbocycles. The maximum Gasteiger partial charge on any atom is 0.216 e. The highest BCUT2D eigenvalue weighted by atomic mass is 32.2. The van der Waals surface area contributed by atoms with E-state index in [-0.39, 0.29) is 18.2 Å². The number of hydrogen-bond acceptors (Lipinski definition) is 6. The fourth-order valence-electron chi connectivity index (χ4n) is 1.84. The first-order valence-electron chi connectivity index (χ1n) is 7.16. The lowest BCUT2D eigenvalue weighted by atomic mass is 10.3. The molecule has 1 aromatic heterocycles. The topological polar surface area (TPSA) is 88.2 Å². The van der Waals surface area contributed by atoms with Crippen LogP contribution in [-0.4, -0.2) is 43.9 Å². The largest absolute Gasteiger partial charge is 0.355 e. The van der Waals surface area contributed by atoms with Crippen LogP contribution in [0, 0.1) is 0 Å². The Balaban J connectivity index is 1.68. The predicted molar refractivity (Wildman–Crippen MR) is 95.4 cm³/mol. The second kappa shape index (κ2) is 8.62. The van der Waals surface area contributed by atoms with Gasteiger partial charge in [-0.2, -0.15) is 0 Å². The number of rotatable bonds is 9. The molecule has 0 spiro atoms. The van der Waals surface area contributed by atoms with Crippen molar-refractivity contribution in [1.82, 2.24) is 15.0 Å². The lowest BCUT2D eigenvalue weighted by Gasteiger charge is -2.06. The number of fused-ring (bicyclic) bond motifs is 1. The first kappa shape index (κ1) is 18.2. The van der Waals surface area contributed by atoms with Gasteiger partial charge in [0, 0.05) is 25.8 Å². The molecular formula is C14H19N3O3S3. The second-order valence-electron chi connectivity index (χ2n) is 4.85. The van der Waals surface area contributed by atoms with Crippen molar-refractivity contribution in [1.29, 1.82) is 0 Å². The van der Waals surface area contributed by atoms with E-state index in [2.05, 4.69) is 15.0 Å². The van der Waals surface area contributed by atoms with Gasteiger partial charge in [0.2, 0.25) is 15.9 Å². The minimum atomic E-state index is -3.29. The summed E-state index contributed by atoms with van der Waals surface area (Å²) >= 11 is 3.20. The van der Waals surface area contributed by atoms with E-state index >= 15 is 0 Å². The molecule has 1 heterocycles. The Morgan fingerprint density at radius 3 is 2.83 bits per heavy atom. The van der Waals surface area contributed by atoms with Crippen LogP contribution < -0.4 is 10.0 Å². The first-order valence-corrected chi connectivity index (χ1v) is 10.6. The van der Waals surface area contributed by atoms with Crippen molar-refractivity contribution in [3.8, 4) is 0 Å². The molecular weight excluding hydrogens is 354 g/mol. The lowest BCUT2D eigenvalue weighted by molar-refractivity contribution is -0.118. The van der Waals surface area contributed by atoms with E-state index in [1.807, 2.05) is 24.3 Å². The van der Waals surface area contributed by atoms with Gasteiger partial charge in [0.25, 0.3) is 0 Å². The van der Waals surface area contributed by atoms with Crippen LogP contribution >= 0.6 is 23.1 Å². The van der Waals surface area contributed by atoms with Crippen LogP contribution in [0.5, 0.6) is 0 Å². The number of benzene rings is 1. The van der Waals surface area contributed by atoms with Crippen LogP contribution in [0.15, 0.2) is 28.6 Å². The van der Waals surface area contributed by atoms with Crippen LogP contribution in [-0.2, 0) is 14.8 Å². The van der Waals surface area contributed by atoms with Crippen molar-refractivity contribution in [2.24, 2.45) is 0 Å². The van der Waals surface area contributed by atoms with E-state index in [1.54, 1.807) is 23.1 Å². The van der Waals surface area contributed by atoms with E-state index in [1.165, 1.54) is 6.92 Å². The number of thioether (sulfide) groups is 1. The van der Waals surface area contributed by atoms with Crippen LogP contribution in [0.1, 0.15) is 13.3 Å². The highest BCUT2D eigenvalue weighted by Gasteiger charge is 2.10. The van der Waals surface area contributed by atoms with Gasteiger partial charge in [-0.25, -0.2) is 18.1 Å². The normalized spacial score (nSPS) is 11.7. The van der Waals surface area contributed by atoms with Crippen LogP contribution in [0.2, 0.25) is 0 Å². The van der Waals surface area contributed by atoms with E-state index < -0.39 is 10.0 Å². The summed E-state index contributed by atoms with van der Waals surface area (Å²) in [5, 5.41) is 2.54. The third-order valence-corrected chi connectivity index (χ3v) is 6.61. The summed E-state index contributed by atoms with van der Waals surface area (Å²) in [6.45, 7) is 1.91. The zero-order chi connectivity index (χ0) is 16.7. The summed E-state index contributed by atoms with van der Waals surface area (Å²) < 4.78 is 28.1. The van der Waals surface area contributed by atoms with Gasteiger partial charge in [-0.15, -0.1) is 11.3 Å². The van der Waals surface area contributed by atoms with Crippen molar-refractivity contribution in [2.45, 2.75) is 17.7 Å². The minimum Gasteiger partial charge on any atom is -0.355 e. The van der Waals surface area contributed by atoms with Crippen LogP contribution in [0.4, 0.5) is 0 Å². The summed E-state index contributed by atoms with van der Waals surface area (Å²) in [5.41, 5.74) is 0.979. The van der Waals surface area contributed by atoms with Gasteiger partial charge < -0.3 is 5.32 Å². The van der Waals surface area contributed by atoms with Crippen molar-refractivity contribution in [3.63, 3.8) is 0 Å².